The van der Waals surface area contributed by atoms with Gasteiger partial charge in [-0.15, -0.1) is 0 Å². The first kappa shape index (κ1) is 16.8. The number of para-hydroxylation sites is 2. The van der Waals surface area contributed by atoms with Gasteiger partial charge >= 0.3 is 0 Å². The molecule has 0 aliphatic rings. The van der Waals surface area contributed by atoms with Crippen molar-refractivity contribution in [2.24, 2.45) is 5.92 Å². The van der Waals surface area contributed by atoms with Gasteiger partial charge < -0.3 is 4.98 Å². The molecule has 126 valence electrons. The summed E-state index contributed by atoms with van der Waals surface area (Å²) in [5.74, 6) is -2.23. The number of nitrogens with zero attached hydrogens (tertiary/aromatic N) is 1. The molecule has 1 N–H and O–H groups in total. The quantitative estimate of drug-likeness (QED) is 0.728. The van der Waals surface area contributed by atoms with Crippen molar-refractivity contribution >= 4 is 22.6 Å². The largest absolute Gasteiger partial charge is 0.319 e. The van der Waals surface area contributed by atoms with Gasteiger partial charge in [0, 0.05) is 5.92 Å². The van der Waals surface area contributed by atoms with Crippen LogP contribution in [0.3, 0.4) is 0 Å². The molecule has 0 bridgehead atoms. The van der Waals surface area contributed by atoms with Gasteiger partial charge in [0.1, 0.15) is 17.3 Å². The Morgan fingerprint density at radius 2 is 1.52 bits per heavy atom. The number of fused-ring (bicyclic) bond motifs is 1. The fraction of sp³-hybridized carbons (Fsp3) is 0.200. The standard InChI is InChI=1S/C20H18N2O3/c1-12(23)17(13(2)24)18(14-8-4-3-5-9-14)19-20(25)22-16-11-7-6-10-15(16)21-19/h3-11,17-18H,1-2H3,(H,22,25). The van der Waals surface area contributed by atoms with Crippen LogP contribution in [0.5, 0.6) is 0 Å². The summed E-state index contributed by atoms with van der Waals surface area (Å²) in [6.07, 6.45) is 0. The number of carbonyl (C=O) groups excluding carboxylic acids is 2. The van der Waals surface area contributed by atoms with Gasteiger partial charge in [0.15, 0.2) is 0 Å². The van der Waals surface area contributed by atoms with Gasteiger partial charge in [0.2, 0.25) is 0 Å². The van der Waals surface area contributed by atoms with Crippen LogP contribution in [0.25, 0.3) is 11.0 Å². The Balaban J connectivity index is 2.28. The Bertz CT molecular complexity index is 978. The fourth-order valence-corrected chi connectivity index (χ4v) is 3.18. The lowest BCUT2D eigenvalue weighted by molar-refractivity contribution is -0.130. The van der Waals surface area contributed by atoms with Crippen LogP contribution in [0, 0.1) is 5.92 Å². The molecule has 1 aromatic heterocycles. The predicted octanol–water partition coefficient (Wildman–Crippen LogP) is 2.85. The van der Waals surface area contributed by atoms with Gasteiger partial charge in [-0.25, -0.2) is 4.98 Å². The van der Waals surface area contributed by atoms with Gasteiger partial charge in [-0.1, -0.05) is 42.5 Å². The summed E-state index contributed by atoms with van der Waals surface area (Å²) < 4.78 is 0. The second-order valence-corrected chi connectivity index (χ2v) is 6.06. The van der Waals surface area contributed by atoms with E-state index in [0.29, 0.717) is 16.6 Å². The second kappa shape index (κ2) is 6.81. The van der Waals surface area contributed by atoms with Crippen molar-refractivity contribution in [1.29, 1.82) is 0 Å². The molecule has 3 rings (SSSR count). The van der Waals surface area contributed by atoms with Gasteiger partial charge in [0.05, 0.1) is 17.0 Å². The third-order valence-corrected chi connectivity index (χ3v) is 4.29. The predicted molar refractivity (Wildman–Crippen MR) is 95.5 cm³/mol. The number of aromatic nitrogens is 2. The van der Waals surface area contributed by atoms with E-state index in [1.807, 2.05) is 30.3 Å². The highest BCUT2D eigenvalue weighted by Gasteiger charge is 2.35. The van der Waals surface area contributed by atoms with E-state index in [-0.39, 0.29) is 22.8 Å². The zero-order valence-corrected chi connectivity index (χ0v) is 14.0. The van der Waals surface area contributed by atoms with Crippen LogP contribution in [-0.2, 0) is 9.59 Å². The average molecular weight is 334 g/mol. The Labute approximate surface area is 144 Å². The molecule has 0 radical (unpaired) electrons. The van der Waals surface area contributed by atoms with Gasteiger partial charge in [-0.2, -0.15) is 0 Å². The van der Waals surface area contributed by atoms with Crippen molar-refractivity contribution in [3.63, 3.8) is 0 Å². The molecule has 5 heteroatoms. The minimum absolute atomic E-state index is 0.181. The Morgan fingerprint density at radius 1 is 0.920 bits per heavy atom. The van der Waals surface area contributed by atoms with E-state index in [4.69, 9.17) is 0 Å². The third-order valence-electron chi connectivity index (χ3n) is 4.29. The molecule has 1 atom stereocenters. The van der Waals surface area contributed by atoms with Crippen LogP contribution in [0.2, 0.25) is 0 Å². The van der Waals surface area contributed by atoms with E-state index in [1.165, 1.54) is 13.8 Å². The van der Waals surface area contributed by atoms with Crippen LogP contribution < -0.4 is 5.56 Å². The number of Topliss-reactive ketones (excluding diaryl/α,β-unsaturated/α-hetero) is 2. The van der Waals surface area contributed by atoms with Gasteiger partial charge in [-0.05, 0) is 31.5 Å². The summed E-state index contributed by atoms with van der Waals surface area (Å²) in [6.45, 7) is 2.74. The molecule has 0 aliphatic carbocycles. The first-order chi connectivity index (χ1) is 12.0. The smallest absolute Gasteiger partial charge is 0.270 e. The van der Waals surface area contributed by atoms with E-state index < -0.39 is 11.8 Å². The first-order valence-corrected chi connectivity index (χ1v) is 8.04. The number of H-pyrrole nitrogens is 1. The van der Waals surface area contributed by atoms with Crippen molar-refractivity contribution in [1.82, 2.24) is 9.97 Å². The number of nitrogens with one attached hydrogen (secondary N) is 1. The minimum Gasteiger partial charge on any atom is -0.319 e. The van der Waals surface area contributed by atoms with Crippen molar-refractivity contribution in [3.05, 3.63) is 76.2 Å². The molecule has 0 saturated carbocycles. The molecule has 25 heavy (non-hydrogen) atoms. The van der Waals surface area contributed by atoms with E-state index in [9.17, 15) is 14.4 Å². The Kier molecular flexibility index (Phi) is 4.57. The second-order valence-electron chi connectivity index (χ2n) is 6.06. The number of aromatic amines is 1. The minimum atomic E-state index is -0.947. The summed E-state index contributed by atoms with van der Waals surface area (Å²) in [7, 11) is 0. The van der Waals surface area contributed by atoms with E-state index in [2.05, 4.69) is 9.97 Å². The molecule has 2 aromatic carbocycles. The van der Waals surface area contributed by atoms with Crippen LogP contribution in [0.4, 0.5) is 0 Å². The maximum absolute atomic E-state index is 12.7. The summed E-state index contributed by atoms with van der Waals surface area (Å²) in [5.41, 5.74) is 1.74. The number of hydrogen-bond acceptors (Lipinski definition) is 4. The van der Waals surface area contributed by atoms with Gasteiger partial charge in [-0.3, -0.25) is 14.4 Å². The normalized spacial score (nSPS) is 12.3. The van der Waals surface area contributed by atoms with Crippen molar-refractivity contribution in [2.45, 2.75) is 19.8 Å². The van der Waals surface area contributed by atoms with Crippen molar-refractivity contribution in [2.75, 3.05) is 0 Å². The van der Waals surface area contributed by atoms with E-state index in [1.54, 1.807) is 24.3 Å². The molecule has 0 saturated heterocycles. The molecule has 1 heterocycles. The van der Waals surface area contributed by atoms with Crippen LogP contribution in [0.15, 0.2) is 59.4 Å². The van der Waals surface area contributed by atoms with Crippen LogP contribution in [-0.4, -0.2) is 21.5 Å². The monoisotopic (exact) mass is 334 g/mol. The third kappa shape index (κ3) is 3.26. The van der Waals surface area contributed by atoms with Gasteiger partial charge in [0.25, 0.3) is 5.56 Å². The lowest BCUT2D eigenvalue weighted by atomic mass is 9.79. The SMILES string of the molecule is CC(=O)C(C(C)=O)C(c1ccccc1)c1nc2ccccc2[nH]c1=O. The first-order valence-electron chi connectivity index (χ1n) is 8.04. The molecular formula is C20H18N2O3. The highest BCUT2D eigenvalue weighted by Crippen LogP contribution is 2.31. The summed E-state index contributed by atoms with van der Waals surface area (Å²) in [6, 6.07) is 16.3. The summed E-state index contributed by atoms with van der Waals surface area (Å²) in [5, 5.41) is 0. The summed E-state index contributed by atoms with van der Waals surface area (Å²) in [4.78, 5) is 44.3. The van der Waals surface area contributed by atoms with E-state index in [0.717, 1.165) is 0 Å². The lowest BCUT2D eigenvalue weighted by Crippen LogP contribution is -2.32. The highest BCUT2D eigenvalue weighted by molar-refractivity contribution is 6.01. The lowest BCUT2D eigenvalue weighted by Gasteiger charge is -2.23. The number of carbonyl (C=O) groups is 2. The highest BCUT2D eigenvalue weighted by atomic mass is 16.2. The molecule has 0 spiro atoms. The summed E-state index contributed by atoms with van der Waals surface area (Å²) >= 11 is 0. The van der Waals surface area contributed by atoms with E-state index >= 15 is 0 Å². The number of ketones is 2. The number of rotatable bonds is 5. The molecular weight excluding hydrogens is 316 g/mol. The maximum Gasteiger partial charge on any atom is 0.270 e. The molecule has 0 amide bonds. The Morgan fingerprint density at radius 3 is 2.16 bits per heavy atom. The number of hydrogen-bond donors (Lipinski definition) is 1. The zero-order chi connectivity index (χ0) is 18.0. The van der Waals surface area contributed by atoms with Crippen LogP contribution >= 0.6 is 0 Å². The zero-order valence-electron chi connectivity index (χ0n) is 14.0. The number of benzene rings is 2. The van der Waals surface area contributed by atoms with Crippen molar-refractivity contribution in [3.8, 4) is 0 Å². The molecule has 3 aromatic rings. The topological polar surface area (TPSA) is 79.9 Å². The van der Waals surface area contributed by atoms with Crippen molar-refractivity contribution < 1.29 is 9.59 Å². The molecule has 0 aliphatic heterocycles. The Hall–Kier alpha value is -3.08. The van der Waals surface area contributed by atoms with Crippen LogP contribution in [0.1, 0.15) is 31.0 Å². The molecule has 0 fully saturated rings. The average Bonchev–Trinajstić information content (AvgIpc) is 2.59. The maximum atomic E-state index is 12.7. The molecule has 5 nitrogen and oxygen atoms in total. The molecule has 1 unspecified atom stereocenters. The fourth-order valence-electron chi connectivity index (χ4n) is 3.18.